The molecule has 0 spiro atoms. The van der Waals surface area contributed by atoms with E-state index in [1.165, 1.54) is 7.11 Å². The molecule has 0 fully saturated rings. The summed E-state index contributed by atoms with van der Waals surface area (Å²) in [6, 6.07) is 2.30. The molecule has 0 atom stereocenters. The summed E-state index contributed by atoms with van der Waals surface area (Å²) in [5, 5.41) is 0. The molecule has 0 saturated heterocycles. The lowest BCUT2D eigenvalue weighted by Crippen LogP contribution is -2.29. The molecule has 0 heterocycles. The molecule has 1 rings (SSSR count). The van der Waals surface area contributed by atoms with E-state index in [0.29, 0.717) is 19.7 Å². The monoisotopic (exact) mass is 274 g/mol. The zero-order valence-corrected chi connectivity index (χ0v) is 11.2. The maximum atomic E-state index is 13.9. The summed E-state index contributed by atoms with van der Waals surface area (Å²) in [4.78, 5) is 1.54. The van der Waals surface area contributed by atoms with Gasteiger partial charge in [0.25, 0.3) is 0 Å². The molecule has 1 aromatic rings. The number of benzene rings is 1. The quantitative estimate of drug-likeness (QED) is 0.806. The van der Waals surface area contributed by atoms with Crippen LogP contribution in [0.3, 0.4) is 0 Å². The molecule has 3 nitrogen and oxygen atoms in total. The van der Waals surface area contributed by atoms with Gasteiger partial charge in [-0.3, -0.25) is 0 Å². The van der Waals surface area contributed by atoms with Crippen molar-refractivity contribution in [1.29, 1.82) is 0 Å². The molecule has 18 heavy (non-hydrogen) atoms. The maximum Gasteiger partial charge on any atom is 0.150 e. The summed E-state index contributed by atoms with van der Waals surface area (Å²) >= 11 is 4.70. The predicted molar refractivity (Wildman–Crippen MR) is 72.0 cm³/mol. The molecule has 0 aliphatic heterocycles. The highest BCUT2D eigenvalue weighted by molar-refractivity contribution is 7.80. The van der Waals surface area contributed by atoms with Crippen molar-refractivity contribution in [2.24, 2.45) is 5.73 Å². The van der Waals surface area contributed by atoms with Crippen molar-refractivity contribution in [3.8, 4) is 0 Å². The van der Waals surface area contributed by atoms with E-state index in [9.17, 15) is 8.78 Å². The number of likely N-dealkylation sites (N-methyl/N-ethyl adjacent to an activating group) is 1. The van der Waals surface area contributed by atoms with Crippen LogP contribution in [0.1, 0.15) is 12.5 Å². The summed E-state index contributed by atoms with van der Waals surface area (Å²) in [5.41, 5.74) is 5.47. The van der Waals surface area contributed by atoms with Gasteiger partial charge < -0.3 is 15.4 Å². The summed E-state index contributed by atoms with van der Waals surface area (Å²) in [7, 11) is 1.54. The lowest BCUT2D eigenvalue weighted by atomic mass is 10.1. The summed E-state index contributed by atoms with van der Waals surface area (Å²) in [5.74, 6) is -1.34. The summed E-state index contributed by atoms with van der Waals surface area (Å²) < 4.78 is 32.7. The SMILES string of the molecule is CCN(CCOC)c1c(F)cc(C(N)=S)cc1F. The van der Waals surface area contributed by atoms with Gasteiger partial charge in [-0.05, 0) is 19.1 Å². The molecule has 100 valence electrons. The highest BCUT2D eigenvalue weighted by Crippen LogP contribution is 2.24. The molecule has 0 saturated carbocycles. The van der Waals surface area contributed by atoms with Crippen LogP contribution in [0.4, 0.5) is 14.5 Å². The number of anilines is 1. The van der Waals surface area contributed by atoms with E-state index >= 15 is 0 Å². The Morgan fingerprint density at radius 3 is 2.33 bits per heavy atom. The number of thiocarbonyl (C=S) groups is 1. The van der Waals surface area contributed by atoms with Crippen LogP contribution in [0, 0.1) is 11.6 Å². The second kappa shape index (κ2) is 6.61. The number of nitrogens with zero attached hydrogens (tertiary/aromatic N) is 1. The average Bonchev–Trinajstić information content (AvgIpc) is 2.32. The minimum Gasteiger partial charge on any atom is -0.389 e. The van der Waals surface area contributed by atoms with Crippen LogP contribution in [0.2, 0.25) is 0 Å². The van der Waals surface area contributed by atoms with Crippen LogP contribution >= 0.6 is 12.2 Å². The van der Waals surface area contributed by atoms with E-state index in [-0.39, 0.29) is 16.2 Å². The van der Waals surface area contributed by atoms with Crippen molar-refractivity contribution in [3.05, 3.63) is 29.3 Å². The van der Waals surface area contributed by atoms with Crippen LogP contribution in [-0.2, 0) is 4.74 Å². The zero-order chi connectivity index (χ0) is 13.7. The molecule has 2 N–H and O–H groups in total. The highest BCUT2D eigenvalue weighted by Gasteiger charge is 2.17. The van der Waals surface area contributed by atoms with Gasteiger partial charge in [-0.25, -0.2) is 8.78 Å². The Balaban J connectivity index is 3.11. The number of rotatable bonds is 6. The third-order valence-electron chi connectivity index (χ3n) is 2.56. The van der Waals surface area contributed by atoms with Crippen molar-refractivity contribution in [1.82, 2.24) is 0 Å². The number of hydrogen-bond donors (Lipinski definition) is 1. The second-order valence-corrected chi connectivity index (χ2v) is 4.17. The van der Waals surface area contributed by atoms with Gasteiger partial charge in [0.05, 0.1) is 6.61 Å². The van der Waals surface area contributed by atoms with E-state index in [0.717, 1.165) is 12.1 Å². The van der Waals surface area contributed by atoms with Gasteiger partial charge in [0, 0.05) is 25.8 Å². The standard InChI is InChI=1S/C12H16F2N2OS/c1-3-16(4-5-17-2)11-9(13)6-8(12(15)18)7-10(11)14/h6-7H,3-5H2,1-2H3,(H2,15,18). The number of nitrogens with two attached hydrogens (primary N) is 1. The first-order valence-electron chi connectivity index (χ1n) is 5.54. The molecule has 6 heteroatoms. The van der Waals surface area contributed by atoms with Crippen molar-refractivity contribution in [2.75, 3.05) is 31.7 Å². The first-order chi connectivity index (χ1) is 8.51. The van der Waals surface area contributed by atoms with Gasteiger partial charge >= 0.3 is 0 Å². The van der Waals surface area contributed by atoms with E-state index in [1.807, 2.05) is 6.92 Å². The maximum absolute atomic E-state index is 13.9. The number of hydrogen-bond acceptors (Lipinski definition) is 3. The van der Waals surface area contributed by atoms with E-state index in [4.69, 9.17) is 22.7 Å². The fourth-order valence-electron chi connectivity index (χ4n) is 1.64. The minimum atomic E-state index is -0.671. The number of ether oxygens (including phenoxy) is 1. The predicted octanol–water partition coefficient (Wildman–Crippen LogP) is 2.07. The highest BCUT2D eigenvalue weighted by atomic mass is 32.1. The average molecular weight is 274 g/mol. The smallest absolute Gasteiger partial charge is 0.150 e. The zero-order valence-electron chi connectivity index (χ0n) is 10.4. The first-order valence-corrected chi connectivity index (χ1v) is 5.94. The van der Waals surface area contributed by atoms with Crippen molar-refractivity contribution in [2.45, 2.75) is 6.92 Å². The van der Waals surface area contributed by atoms with Gasteiger partial charge in [-0.15, -0.1) is 0 Å². The largest absolute Gasteiger partial charge is 0.389 e. The van der Waals surface area contributed by atoms with Crippen molar-refractivity contribution < 1.29 is 13.5 Å². The fourth-order valence-corrected chi connectivity index (χ4v) is 1.76. The minimum absolute atomic E-state index is 0.0284. The lowest BCUT2D eigenvalue weighted by Gasteiger charge is -2.24. The van der Waals surface area contributed by atoms with Gasteiger partial charge in [0.15, 0.2) is 0 Å². The Bertz CT molecular complexity index is 417. The Hall–Kier alpha value is -1.27. The van der Waals surface area contributed by atoms with E-state index in [2.05, 4.69) is 0 Å². The van der Waals surface area contributed by atoms with E-state index in [1.54, 1.807) is 4.90 Å². The molecular weight excluding hydrogens is 258 g/mol. The molecule has 0 aliphatic rings. The topological polar surface area (TPSA) is 38.5 Å². The van der Waals surface area contributed by atoms with Crippen LogP contribution in [-0.4, -0.2) is 31.8 Å². The van der Waals surface area contributed by atoms with Crippen LogP contribution in [0.15, 0.2) is 12.1 Å². The Morgan fingerprint density at radius 1 is 1.39 bits per heavy atom. The third kappa shape index (κ3) is 3.36. The molecule has 0 bridgehead atoms. The normalized spacial score (nSPS) is 10.4. The lowest BCUT2D eigenvalue weighted by molar-refractivity contribution is 0.205. The molecule has 0 aromatic heterocycles. The van der Waals surface area contributed by atoms with Crippen molar-refractivity contribution in [3.63, 3.8) is 0 Å². The van der Waals surface area contributed by atoms with Crippen LogP contribution < -0.4 is 10.6 Å². The molecular formula is C12H16F2N2OS. The van der Waals surface area contributed by atoms with Gasteiger partial charge in [-0.1, -0.05) is 12.2 Å². The van der Waals surface area contributed by atoms with Gasteiger partial charge in [0.1, 0.15) is 22.3 Å². The molecule has 1 aromatic carbocycles. The summed E-state index contributed by atoms with van der Waals surface area (Å²) in [6.45, 7) is 3.09. The molecule has 0 amide bonds. The molecule has 0 radical (unpaired) electrons. The second-order valence-electron chi connectivity index (χ2n) is 3.73. The number of methoxy groups -OCH3 is 1. The third-order valence-corrected chi connectivity index (χ3v) is 2.80. The number of halogens is 2. The van der Waals surface area contributed by atoms with E-state index < -0.39 is 11.6 Å². The molecule has 0 aliphatic carbocycles. The fraction of sp³-hybridized carbons (Fsp3) is 0.417. The van der Waals surface area contributed by atoms with Crippen LogP contribution in [0.25, 0.3) is 0 Å². The molecule has 0 unspecified atom stereocenters. The summed E-state index contributed by atoms with van der Waals surface area (Å²) in [6.07, 6.45) is 0. The van der Waals surface area contributed by atoms with Crippen molar-refractivity contribution >= 4 is 22.9 Å². The Morgan fingerprint density at radius 2 is 1.94 bits per heavy atom. The Kier molecular flexibility index (Phi) is 5.43. The van der Waals surface area contributed by atoms with Gasteiger partial charge in [0.2, 0.25) is 0 Å². The van der Waals surface area contributed by atoms with Crippen LogP contribution in [0.5, 0.6) is 0 Å². The first kappa shape index (κ1) is 14.8. The van der Waals surface area contributed by atoms with Gasteiger partial charge in [-0.2, -0.15) is 0 Å². The Labute approximate surface area is 111 Å².